The van der Waals surface area contributed by atoms with E-state index in [0.717, 1.165) is 55.2 Å². The molecule has 4 unspecified atom stereocenters. The molecule has 3 nitrogen and oxygen atoms in total. The zero-order chi connectivity index (χ0) is 24.4. The van der Waals surface area contributed by atoms with Crippen LogP contribution in [0.15, 0.2) is 107 Å². The Balaban J connectivity index is 1.17. The molecule has 0 amide bonds. The third kappa shape index (κ3) is 5.31. The molecular weight excluding hydrogens is 432 g/mol. The van der Waals surface area contributed by atoms with Gasteiger partial charge < -0.3 is 5.11 Å². The maximum absolute atomic E-state index is 12.9. The fourth-order valence-corrected chi connectivity index (χ4v) is 6.11. The summed E-state index contributed by atoms with van der Waals surface area (Å²) in [6.45, 7) is 3.84. The molecule has 180 valence electrons. The molecule has 5 rings (SSSR count). The van der Waals surface area contributed by atoms with Gasteiger partial charge in [0.05, 0.1) is 0 Å². The van der Waals surface area contributed by atoms with Gasteiger partial charge in [-0.1, -0.05) is 85.3 Å². The highest BCUT2D eigenvalue weighted by Gasteiger charge is 2.28. The fourth-order valence-electron chi connectivity index (χ4n) is 6.11. The van der Waals surface area contributed by atoms with Crippen LogP contribution in [0.25, 0.3) is 0 Å². The summed E-state index contributed by atoms with van der Waals surface area (Å²) in [6, 6.07) is 0. The van der Waals surface area contributed by atoms with Crippen LogP contribution < -0.4 is 0 Å². The van der Waals surface area contributed by atoms with Gasteiger partial charge in [-0.15, -0.1) is 0 Å². The van der Waals surface area contributed by atoms with Gasteiger partial charge in [-0.25, -0.2) is 0 Å². The van der Waals surface area contributed by atoms with Crippen LogP contribution in [0, 0.1) is 23.7 Å². The zero-order valence-electron chi connectivity index (χ0n) is 20.3. The molecule has 0 spiro atoms. The number of aliphatic hydroxyl groups is 1. The van der Waals surface area contributed by atoms with Crippen LogP contribution in [0.1, 0.15) is 44.9 Å². The summed E-state index contributed by atoms with van der Waals surface area (Å²) in [5.74, 6) is 1.20. The first-order valence-electron chi connectivity index (χ1n) is 12.9. The summed E-state index contributed by atoms with van der Waals surface area (Å²) in [7, 11) is 0. The van der Waals surface area contributed by atoms with E-state index in [1.165, 1.54) is 16.7 Å². The van der Waals surface area contributed by atoms with Gasteiger partial charge in [-0.3, -0.25) is 9.59 Å². The molecule has 0 radical (unpaired) electrons. The summed E-state index contributed by atoms with van der Waals surface area (Å²) in [4.78, 5) is 24.9. The van der Waals surface area contributed by atoms with Crippen molar-refractivity contribution in [3.05, 3.63) is 107 Å². The molecule has 1 saturated carbocycles. The lowest BCUT2D eigenvalue weighted by atomic mass is 9.76. The first-order valence-corrected chi connectivity index (χ1v) is 12.9. The fraction of sp³-hybridized carbons (Fsp3) is 0.375. The smallest absolute Gasteiger partial charge is 0.163 e. The van der Waals surface area contributed by atoms with Crippen LogP contribution in [-0.2, 0) is 9.59 Å². The predicted molar refractivity (Wildman–Crippen MR) is 140 cm³/mol. The highest BCUT2D eigenvalue weighted by atomic mass is 16.3. The number of fused-ring (bicyclic) bond motifs is 2. The monoisotopic (exact) mass is 466 g/mol. The van der Waals surface area contributed by atoms with Crippen LogP contribution in [0.3, 0.4) is 0 Å². The predicted octanol–water partition coefficient (Wildman–Crippen LogP) is 6.24. The number of hydrogen-bond donors (Lipinski definition) is 1. The van der Waals surface area contributed by atoms with Crippen LogP contribution in [-0.4, -0.2) is 23.3 Å². The molecule has 35 heavy (non-hydrogen) atoms. The summed E-state index contributed by atoms with van der Waals surface area (Å²) in [5, 5.41) is 9.21. The number of hydrogen-bond acceptors (Lipinski definition) is 3. The zero-order valence-corrected chi connectivity index (χ0v) is 20.3. The van der Waals surface area contributed by atoms with E-state index in [9.17, 15) is 14.7 Å². The van der Waals surface area contributed by atoms with Crippen LogP contribution >= 0.6 is 0 Å². The average Bonchev–Trinajstić information content (AvgIpc) is 3.29. The normalized spacial score (nSPS) is 28.9. The summed E-state index contributed by atoms with van der Waals surface area (Å²) in [5.41, 5.74) is 6.74. The second-order valence-electron chi connectivity index (χ2n) is 10.5. The third-order valence-electron chi connectivity index (χ3n) is 8.02. The quantitative estimate of drug-likeness (QED) is 0.461. The van der Waals surface area contributed by atoms with Crippen molar-refractivity contribution < 1.29 is 14.7 Å². The van der Waals surface area contributed by atoms with Crippen molar-refractivity contribution >= 4 is 11.6 Å². The van der Waals surface area contributed by atoms with Gasteiger partial charge >= 0.3 is 0 Å². The molecule has 5 aliphatic carbocycles. The number of rotatable bonds is 8. The van der Waals surface area contributed by atoms with E-state index in [4.69, 9.17) is 0 Å². The molecule has 1 fully saturated rings. The lowest BCUT2D eigenvalue weighted by Gasteiger charge is -2.29. The van der Waals surface area contributed by atoms with Gasteiger partial charge in [-0.2, -0.15) is 0 Å². The van der Waals surface area contributed by atoms with E-state index in [0.29, 0.717) is 12.3 Å². The van der Waals surface area contributed by atoms with Gasteiger partial charge in [0.15, 0.2) is 11.6 Å². The molecule has 0 aromatic rings. The van der Waals surface area contributed by atoms with Gasteiger partial charge in [0.1, 0.15) is 6.61 Å². The van der Waals surface area contributed by atoms with E-state index < -0.39 is 0 Å². The average molecular weight is 467 g/mol. The maximum Gasteiger partial charge on any atom is 0.163 e. The Morgan fingerprint density at radius 2 is 1.83 bits per heavy atom. The van der Waals surface area contributed by atoms with Gasteiger partial charge in [0.2, 0.25) is 0 Å². The largest absolute Gasteiger partial charge is 0.389 e. The van der Waals surface area contributed by atoms with Gasteiger partial charge in [-0.05, 0) is 60.5 Å². The van der Waals surface area contributed by atoms with Crippen molar-refractivity contribution in [2.75, 3.05) is 6.61 Å². The van der Waals surface area contributed by atoms with Crippen molar-refractivity contribution in [1.82, 2.24) is 0 Å². The van der Waals surface area contributed by atoms with Gasteiger partial charge in [0.25, 0.3) is 0 Å². The molecule has 0 bridgehead atoms. The number of allylic oxidation sites excluding steroid dienone is 17. The molecule has 0 aliphatic heterocycles. The molecule has 5 aliphatic rings. The standard InChI is InChI=1S/C32H34O3/c1-21-13-29(19-26-6-2-3-8-30(21)26)31(34)12-10-24-15-25-11-9-23(17-28(25)18-24)14-22-5-4-7-27(16-22)32(35)20-33/h2-3,6,8-9,11,13,15,17-19,22,27-28,30,33H,1,4-5,7,10,12,14,16,20H2. The molecular formula is C32H34O3. The third-order valence-corrected chi connectivity index (χ3v) is 8.02. The van der Waals surface area contributed by atoms with Crippen molar-refractivity contribution in [3.63, 3.8) is 0 Å². The molecule has 3 heteroatoms. The molecule has 4 atom stereocenters. The molecule has 0 saturated heterocycles. The SMILES string of the molecule is C=C1C=C(C(=O)CCC2=CC3C=C(CC4CCCC(C(=O)CO)C4)C=CC3=C2)C=C2C=CC=CC12. The lowest BCUT2D eigenvalue weighted by molar-refractivity contribution is -0.127. The highest BCUT2D eigenvalue weighted by molar-refractivity contribution is 5.99. The minimum Gasteiger partial charge on any atom is -0.389 e. The summed E-state index contributed by atoms with van der Waals surface area (Å²) < 4.78 is 0. The van der Waals surface area contributed by atoms with E-state index >= 15 is 0 Å². The lowest BCUT2D eigenvalue weighted by Crippen LogP contribution is -2.25. The van der Waals surface area contributed by atoms with Crippen molar-refractivity contribution in [2.45, 2.75) is 44.9 Å². The second kappa shape index (κ2) is 10.3. The molecule has 0 aromatic heterocycles. The Labute approximate surface area is 208 Å². The Bertz CT molecular complexity index is 1180. The Hall–Kier alpha value is -3.04. The van der Waals surface area contributed by atoms with Crippen LogP contribution in [0.5, 0.6) is 0 Å². The Morgan fingerprint density at radius 1 is 0.971 bits per heavy atom. The van der Waals surface area contributed by atoms with E-state index in [-0.39, 0.29) is 35.9 Å². The minimum absolute atomic E-state index is 0.00218. The Morgan fingerprint density at radius 3 is 2.69 bits per heavy atom. The van der Waals surface area contributed by atoms with E-state index in [2.05, 4.69) is 49.1 Å². The first kappa shape index (κ1) is 23.7. The van der Waals surface area contributed by atoms with E-state index in [1.807, 2.05) is 24.3 Å². The number of ketones is 2. The minimum atomic E-state index is -0.329. The van der Waals surface area contributed by atoms with E-state index in [1.54, 1.807) is 0 Å². The van der Waals surface area contributed by atoms with Crippen molar-refractivity contribution in [2.24, 2.45) is 23.7 Å². The first-order chi connectivity index (χ1) is 17.0. The van der Waals surface area contributed by atoms with Crippen LogP contribution in [0.4, 0.5) is 0 Å². The Kier molecular flexibility index (Phi) is 6.97. The van der Waals surface area contributed by atoms with Crippen molar-refractivity contribution in [1.29, 1.82) is 0 Å². The number of Topliss-reactive ketones (excluding diaryl/α,β-unsaturated/α-hetero) is 2. The topological polar surface area (TPSA) is 54.4 Å². The molecule has 0 aromatic carbocycles. The maximum atomic E-state index is 12.9. The highest BCUT2D eigenvalue weighted by Crippen LogP contribution is 2.38. The van der Waals surface area contributed by atoms with Crippen LogP contribution in [0.2, 0.25) is 0 Å². The summed E-state index contributed by atoms with van der Waals surface area (Å²) in [6.07, 6.45) is 29.8. The summed E-state index contributed by atoms with van der Waals surface area (Å²) >= 11 is 0. The number of aliphatic hydroxyl groups excluding tert-OH is 1. The van der Waals surface area contributed by atoms with Crippen molar-refractivity contribution in [3.8, 4) is 0 Å². The second-order valence-corrected chi connectivity index (χ2v) is 10.5. The van der Waals surface area contributed by atoms with Gasteiger partial charge in [0, 0.05) is 29.7 Å². The molecule has 1 N–H and O–H groups in total. The number of carbonyl (C=O) groups excluding carboxylic acids is 2. The number of carbonyl (C=O) groups is 2. The molecule has 0 heterocycles.